The number of aromatic nitrogens is 3. The van der Waals surface area contributed by atoms with Crippen LogP contribution in [-0.4, -0.2) is 56.5 Å². The van der Waals surface area contributed by atoms with Gasteiger partial charge in [-0.25, -0.2) is 23.5 Å². The lowest BCUT2D eigenvalue weighted by atomic mass is 10.3. The van der Waals surface area contributed by atoms with Gasteiger partial charge in [-0.2, -0.15) is 0 Å². The fourth-order valence-electron chi connectivity index (χ4n) is 4.02. The van der Waals surface area contributed by atoms with Crippen molar-refractivity contribution < 1.29 is 13.6 Å². The van der Waals surface area contributed by atoms with Gasteiger partial charge in [-0.1, -0.05) is 15.9 Å². The minimum absolute atomic E-state index is 0.149. The van der Waals surface area contributed by atoms with Crippen molar-refractivity contribution >= 4 is 38.8 Å². The first kappa shape index (κ1) is 22.4. The van der Waals surface area contributed by atoms with Crippen LogP contribution in [0.25, 0.3) is 16.9 Å². The summed E-state index contributed by atoms with van der Waals surface area (Å²) in [4.78, 5) is 25.7. The van der Waals surface area contributed by atoms with E-state index in [4.69, 9.17) is 4.98 Å². The molecule has 2 aromatic heterocycles. The first-order valence-electron chi connectivity index (χ1n) is 10.8. The zero-order valence-corrected chi connectivity index (χ0v) is 19.7. The number of hydrogen-bond donors (Lipinski definition) is 1. The molecule has 1 fully saturated rings. The van der Waals surface area contributed by atoms with Gasteiger partial charge < -0.3 is 10.2 Å². The molecule has 34 heavy (non-hydrogen) atoms. The van der Waals surface area contributed by atoms with E-state index in [1.54, 1.807) is 29.3 Å². The molecular weight excluding hydrogens is 506 g/mol. The van der Waals surface area contributed by atoms with Crippen molar-refractivity contribution in [3.05, 3.63) is 82.7 Å². The summed E-state index contributed by atoms with van der Waals surface area (Å²) in [5.41, 5.74) is 2.40. The molecule has 0 saturated carbocycles. The van der Waals surface area contributed by atoms with Crippen LogP contribution >= 0.6 is 15.9 Å². The first-order valence-corrected chi connectivity index (χ1v) is 11.6. The molecule has 1 N–H and O–H groups in total. The van der Waals surface area contributed by atoms with Crippen molar-refractivity contribution in [1.29, 1.82) is 0 Å². The second kappa shape index (κ2) is 9.47. The lowest BCUT2D eigenvalue weighted by Crippen LogP contribution is -2.49. The minimum atomic E-state index is -0.491. The number of carbonyl (C=O) groups excluding carboxylic acids is 1. The Kier molecular flexibility index (Phi) is 6.25. The summed E-state index contributed by atoms with van der Waals surface area (Å²) in [6.45, 7) is 2.81. The summed E-state index contributed by atoms with van der Waals surface area (Å²) in [5.74, 6) is -0.00935. The molecule has 174 valence electrons. The fourth-order valence-corrected chi connectivity index (χ4v) is 4.35. The lowest BCUT2D eigenvalue weighted by molar-refractivity contribution is 0.140. The molecule has 0 spiro atoms. The van der Waals surface area contributed by atoms with E-state index >= 15 is 0 Å². The maximum Gasteiger partial charge on any atom is 0.322 e. The highest BCUT2D eigenvalue weighted by Gasteiger charge is 2.24. The molecule has 0 aliphatic carbocycles. The smallest absolute Gasteiger partial charge is 0.322 e. The Morgan fingerprint density at radius 3 is 2.53 bits per heavy atom. The molecule has 1 saturated heterocycles. The molecule has 2 aromatic carbocycles. The number of imidazole rings is 1. The third kappa shape index (κ3) is 4.64. The molecule has 7 nitrogen and oxygen atoms in total. The van der Waals surface area contributed by atoms with Gasteiger partial charge in [-0.15, -0.1) is 0 Å². The van der Waals surface area contributed by atoms with E-state index in [9.17, 15) is 13.6 Å². The summed E-state index contributed by atoms with van der Waals surface area (Å²) >= 11 is 3.21. The molecule has 2 amide bonds. The van der Waals surface area contributed by atoms with Crippen molar-refractivity contribution in [1.82, 2.24) is 24.3 Å². The third-order valence-corrected chi connectivity index (χ3v) is 6.26. The molecule has 10 heteroatoms. The molecule has 5 rings (SSSR count). The van der Waals surface area contributed by atoms with Crippen molar-refractivity contribution in [2.75, 3.05) is 31.5 Å². The van der Waals surface area contributed by atoms with Gasteiger partial charge >= 0.3 is 6.03 Å². The van der Waals surface area contributed by atoms with Crippen molar-refractivity contribution in [2.24, 2.45) is 0 Å². The lowest BCUT2D eigenvalue weighted by Gasteiger charge is -2.34. The number of carbonyl (C=O) groups is 1. The average Bonchev–Trinajstić information content (AvgIpc) is 3.19. The average molecular weight is 527 g/mol. The molecule has 0 atom stereocenters. The third-order valence-electron chi connectivity index (χ3n) is 5.77. The Morgan fingerprint density at radius 1 is 1.03 bits per heavy atom. The monoisotopic (exact) mass is 526 g/mol. The standard InChI is InChI=1S/C24H21BrF2N6O/c25-16-3-8-20(19(27)14-16)30-24(34)32-12-10-31(11-13-32)15-22-29-21-2-1-9-28-23(21)33(22)18-6-4-17(26)5-7-18/h1-9,14H,10-13,15H2,(H,30,34). The predicted molar refractivity (Wildman–Crippen MR) is 129 cm³/mol. The number of urea groups is 1. The van der Waals surface area contributed by atoms with Crippen LogP contribution in [0.5, 0.6) is 0 Å². The topological polar surface area (TPSA) is 66.3 Å². The fraction of sp³-hybridized carbons (Fsp3) is 0.208. The van der Waals surface area contributed by atoms with Crippen LogP contribution < -0.4 is 5.32 Å². The minimum Gasteiger partial charge on any atom is -0.322 e. The molecule has 0 radical (unpaired) electrons. The maximum atomic E-state index is 14.1. The van der Waals surface area contributed by atoms with Gasteiger partial charge in [-0.3, -0.25) is 9.47 Å². The number of amides is 2. The Hall–Kier alpha value is -3.37. The van der Waals surface area contributed by atoms with Crippen LogP contribution in [0, 0.1) is 11.6 Å². The van der Waals surface area contributed by atoms with Crippen molar-refractivity contribution in [3.63, 3.8) is 0 Å². The van der Waals surface area contributed by atoms with E-state index in [-0.39, 0.29) is 17.5 Å². The predicted octanol–water partition coefficient (Wildman–Crippen LogP) is 4.81. The quantitative estimate of drug-likeness (QED) is 0.414. The molecule has 1 aliphatic heterocycles. The number of halogens is 3. The normalized spacial score (nSPS) is 14.5. The Morgan fingerprint density at radius 2 is 1.79 bits per heavy atom. The van der Waals surface area contributed by atoms with Crippen LogP contribution in [0.3, 0.4) is 0 Å². The molecule has 3 heterocycles. The zero-order valence-electron chi connectivity index (χ0n) is 18.1. The number of nitrogens with zero attached hydrogens (tertiary/aromatic N) is 5. The highest BCUT2D eigenvalue weighted by Crippen LogP contribution is 2.23. The summed E-state index contributed by atoms with van der Waals surface area (Å²) in [5, 5.41) is 2.64. The second-order valence-electron chi connectivity index (χ2n) is 8.00. The van der Waals surface area contributed by atoms with Crippen LogP contribution in [0.15, 0.2) is 65.3 Å². The van der Waals surface area contributed by atoms with Crippen LogP contribution in [0.2, 0.25) is 0 Å². The number of piperazine rings is 1. The Bertz CT molecular complexity index is 1340. The van der Waals surface area contributed by atoms with Crippen LogP contribution in [0.1, 0.15) is 5.82 Å². The zero-order chi connectivity index (χ0) is 23.7. The van der Waals surface area contributed by atoms with E-state index in [0.717, 1.165) is 17.0 Å². The number of anilines is 1. The number of hydrogen-bond acceptors (Lipinski definition) is 4. The SMILES string of the molecule is O=C(Nc1ccc(Br)cc1F)N1CCN(Cc2nc3cccnc3n2-c2ccc(F)cc2)CC1. The van der Waals surface area contributed by atoms with E-state index in [1.165, 1.54) is 24.3 Å². The van der Waals surface area contributed by atoms with Crippen LogP contribution in [0.4, 0.5) is 19.3 Å². The number of rotatable bonds is 4. The van der Waals surface area contributed by atoms with Crippen LogP contribution in [-0.2, 0) is 6.54 Å². The molecule has 0 unspecified atom stereocenters. The summed E-state index contributed by atoms with van der Waals surface area (Å²) in [6.07, 6.45) is 1.71. The van der Waals surface area contributed by atoms with E-state index < -0.39 is 5.82 Å². The molecular formula is C24H21BrF2N6O. The summed E-state index contributed by atoms with van der Waals surface area (Å²) in [7, 11) is 0. The Labute approximate surface area is 203 Å². The van der Waals surface area contributed by atoms with Crippen molar-refractivity contribution in [3.8, 4) is 5.69 Å². The number of pyridine rings is 1. The van der Waals surface area contributed by atoms with Gasteiger partial charge in [0.15, 0.2) is 5.65 Å². The largest absolute Gasteiger partial charge is 0.322 e. The van der Waals surface area contributed by atoms with Gasteiger partial charge in [0, 0.05) is 42.5 Å². The van der Waals surface area contributed by atoms with E-state index in [2.05, 4.69) is 31.1 Å². The van der Waals surface area contributed by atoms with E-state index in [1.807, 2.05) is 16.7 Å². The highest BCUT2D eigenvalue weighted by atomic mass is 79.9. The number of benzene rings is 2. The Balaban J connectivity index is 1.28. The second-order valence-corrected chi connectivity index (χ2v) is 8.92. The number of fused-ring (bicyclic) bond motifs is 1. The van der Waals surface area contributed by atoms with Crippen molar-refractivity contribution in [2.45, 2.75) is 6.54 Å². The van der Waals surface area contributed by atoms with Gasteiger partial charge in [0.2, 0.25) is 0 Å². The van der Waals surface area contributed by atoms with Gasteiger partial charge in [0.25, 0.3) is 0 Å². The first-order chi connectivity index (χ1) is 16.5. The van der Waals surface area contributed by atoms with Gasteiger partial charge in [0.1, 0.15) is 23.0 Å². The number of nitrogens with one attached hydrogen (secondary N) is 1. The summed E-state index contributed by atoms with van der Waals surface area (Å²) in [6, 6.07) is 14.2. The maximum absolute atomic E-state index is 14.1. The van der Waals surface area contributed by atoms with Gasteiger partial charge in [-0.05, 0) is 54.6 Å². The molecule has 4 aromatic rings. The summed E-state index contributed by atoms with van der Waals surface area (Å²) < 4.78 is 30.1. The highest BCUT2D eigenvalue weighted by molar-refractivity contribution is 9.10. The molecule has 1 aliphatic rings. The van der Waals surface area contributed by atoms with E-state index in [0.29, 0.717) is 42.8 Å². The molecule has 0 bridgehead atoms. The van der Waals surface area contributed by atoms with Gasteiger partial charge in [0.05, 0.1) is 12.2 Å².